The van der Waals surface area contributed by atoms with Gasteiger partial charge in [-0.15, -0.1) is 0 Å². The van der Waals surface area contributed by atoms with E-state index in [2.05, 4.69) is 64.1 Å². The molecule has 5 atom stereocenters. The predicted octanol–water partition coefficient (Wildman–Crippen LogP) is 6.23. The van der Waals surface area contributed by atoms with Crippen LogP contribution >= 0.6 is 0 Å². The molecule has 2 aromatic rings. The number of ether oxygens (including phenoxy) is 1. The van der Waals surface area contributed by atoms with Crippen molar-refractivity contribution < 1.29 is 14.3 Å². The lowest BCUT2D eigenvalue weighted by molar-refractivity contribution is -0.164. The van der Waals surface area contributed by atoms with E-state index in [4.69, 9.17) is 4.74 Å². The fourth-order valence-electron chi connectivity index (χ4n) is 5.74. The summed E-state index contributed by atoms with van der Waals surface area (Å²) in [4.78, 5) is 27.9. The number of ketones is 1. The van der Waals surface area contributed by atoms with E-state index in [0.29, 0.717) is 5.92 Å². The minimum atomic E-state index is -0.606. The number of carbonyl (C=O) groups excluding carboxylic acids is 2. The number of rotatable bonds is 6. The summed E-state index contributed by atoms with van der Waals surface area (Å²) in [5, 5.41) is 0. The lowest BCUT2D eigenvalue weighted by Crippen LogP contribution is -2.48. The van der Waals surface area contributed by atoms with E-state index in [9.17, 15) is 9.59 Å². The van der Waals surface area contributed by atoms with Crippen molar-refractivity contribution in [1.29, 1.82) is 0 Å². The Kier molecular flexibility index (Phi) is 7.25. The standard InChI is InChI=1S/C30H37NO3/c1-21-15-16-26(30(3,4)24-13-9-6-10-14-24)28(19-21)34-29(33)27-20-25(32)17-18-31(27)22(2)23-11-7-5-8-12-23/h5-14,17-18,21-22,26-28H,15-16,19-20H2,1-4H3/t21-,22+,26-,27+,28-/m1/s1. The fraction of sp³-hybridized carbons (Fsp3) is 0.467. The van der Waals surface area contributed by atoms with Crippen LogP contribution in [0.3, 0.4) is 0 Å². The maximum atomic E-state index is 13.6. The summed E-state index contributed by atoms with van der Waals surface area (Å²) < 4.78 is 6.32. The van der Waals surface area contributed by atoms with Gasteiger partial charge in [0.05, 0.1) is 6.04 Å². The van der Waals surface area contributed by atoms with E-state index in [1.54, 1.807) is 12.3 Å². The van der Waals surface area contributed by atoms with Crippen LogP contribution in [0.2, 0.25) is 0 Å². The van der Waals surface area contributed by atoms with Crippen LogP contribution in [0.1, 0.15) is 70.5 Å². The number of hydrogen-bond acceptors (Lipinski definition) is 4. The first-order valence-corrected chi connectivity index (χ1v) is 12.6. The Morgan fingerprint density at radius 2 is 1.68 bits per heavy atom. The second-order valence-electron chi connectivity index (χ2n) is 10.6. The molecule has 0 unspecified atom stereocenters. The number of esters is 1. The number of allylic oxidation sites excluding steroid dienone is 1. The molecule has 4 nitrogen and oxygen atoms in total. The molecule has 0 radical (unpaired) electrons. The Bertz CT molecular complexity index is 1010. The molecule has 2 aliphatic rings. The lowest BCUT2D eigenvalue weighted by atomic mass is 9.64. The number of carbonyl (C=O) groups is 2. The molecule has 0 N–H and O–H groups in total. The monoisotopic (exact) mass is 459 g/mol. The van der Waals surface area contributed by atoms with E-state index >= 15 is 0 Å². The van der Waals surface area contributed by atoms with Gasteiger partial charge in [0.25, 0.3) is 0 Å². The van der Waals surface area contributed by atoms with Gasteiger partial charge in [-0.05, 0) is 48.3 Å². The second kappa shape index (κ2) is 10.2. The number of nitrogens with zero attached hydrogens (tertiary/aromatic N) is 1. The van der Waals surface area contributed by atoms with Gasteiger partial charge >= 0.3 is 5.97 Å². The SMILES string of the molecule is C[C@@H]1CC[C@@H](C(C)(C)c2ccccc2)[C@H](OC(=O)[C@@H]2CC(=O)C=CN2[C@@H](C)c2ccccc2)C1. The predicted molar refractivity (Wildman–Crippen MR) is 135 cm³/mol. The molecule has 4 rings (SSSR count). The van der Waals surface area contributed by atoms with Gasteiger partial charge in [0.15, 0.2) is 5.78 Å². The van der Waals surface area contributed by atoms with Crippen molar-refractivity contribution in [2.24, 2.45) is 11.8 Å². The number of hydrogen-bond donors (Lipinski definition) is 0. The molecule has 4 heteroatoms. The van der Waals surface area contributed by atoms with Crippen molar-refractivity contribution in [3.05, 3.63) is 84.1 Å². The highest BCUT2D eigenvalue weighted by molar-refractivity contribution is 5.95. The van der Waals surface area contributed by atoms with E-state index < -0.39 is 6.04 Å². The average Bonchev–Trinajstić information content (AvgIpc) is 2.84. The summed E-state index contributed by atoms with van der Waals surface area (Å²) in [5.41, 5.74) is 2.26. The Balaban J connectivity index is 1.56. The van der Waals surface area contributed by atoms with E-state index in [1.807, 2.05) is 29.2 Å². The number of benzene rings is 2. The molecule has 0 bridgehead atoms. The summed E-state index contributed by atoms with van der Waals surface area (Å²) in [6, 6.07) is 20.0. The smallest absolute Gasteiger partial charge is 0.329 e. The van der Waals surface area contributed by atoms with Crippen LogP contribution in [0.15, 0.2) is 72.9 Å². The van der Waals surface area contributed by atoms with Crippen molar-refractivity contribution in [3.8, 4) is 0 Å². The van der Waals surface area contributed by atoms with Crippen LogP contribution in [-0.4, -0.2) is 28.8 Å². The van der Waals surface area contributed by atoms with Gasteiger partial charge in [-0.3, -0.25) is 4.79 Å². The summed E-state index contributed by atoms with van der Waals surface area (Å²) in [5.74, 6) is 0.419. The first-order valence-electron chi connectivity index (χ1n) is 12.6. The highest BCUT2D eigenvalue weighted by Crippen LogP contribution is 2.44. The van der Waals surface area contributed by atoms with E-state index in [1.165, 1.54) is 5.56 Å². The molecule has 0 saturated heterocycles. The van der Waals surface area contributed by atoms with Gasteiger partial charge in [-0.2, -0.15) is 0 Å². The Morgan fingerprint density at radius 1 is 1.03 bits per heavy atom. The third-order valence-corrected chi connectivity index (χ3v) is 7.95. The minimum absolute atomic E-state index is 0.0309. The van der Waals surface area contributed by atoms with Crippen LogP contribution in [-0.2, 0) is 19.7 Å². The fourth-order valence-corrected chi connectivity index (χ4v) is 5.74. The molecule has 0 amide bonds. The quantitative estimate of drug-likeness (QED) is 0.480. The van der Waals surface area contributed by atoms with Crippen LogP contribution in [0.5, 0.6) is 0 Å². The topological polar surface area (TPSA) is 46.6 Å². The molecule has 1 aliphatic heterocycles. The van der Waals surface area contributed by atoms with Crippen LogP contribution < -0.4 is 0 Å². The van der Waals surface area contributed by atoms with Crippen molar-refractivity contribution in [2.75, 3.05) is 0 Å². The summed E-state index contributed by atoms with van der Waals surface area (Å²) in [7, 11) is 0. The Labute approximate surface area is 204 Å². The minimum Gasteiger partial charge on any atom is -0.460 e. The molecule has 0 spiro atoms. The molecule has 1 aliphatic carbocycles. The van der Waals surface area contributed by atoms with Crippen LogP contribution in [0.25, 0.3) is 0 Å². The summed E-state index contributed by atoms with van der Waals surface area (Å²) in [6.45, 7) is 8.84. The van der Waals surface area contributed by atoms with Gasteiger partial charge < -0.3 is 9.64 Å². The summed E-state index contributed by atoms with van der Waals surface area (Å²) >= 11 is 0. The van der Waals surface area contributed by atoms with E-state index in [-0.39, 0.29) is 41.7 Å². The van der Waals surface area contributed by atoms with Gasteiger partial charge in [0.1, 0.15) is 12.1 Å². The van der Waals surface area contributed by atoms with Crippen molar-refractivity contribution in [1.82, 2.24) is 4.90 Å². The van der Waals surface area contributed by atoms with Crippen molar-refractivity contribution >= 4 is 11.8 Å². The summed E-state index contributed by atoms with van der Waals surface area (Å²) in [6.07, 6.45) is 6.35. The first kappa shape index (κ1) is 24.3. The molecule has 1 fully saturated rings. The molecule has 180 valence electrons. The normalized spacial score (nSPS) is 26.2. The highest BCUT2D eigenvalue weighted by atomic mass is 16.5. The average molecular weight is 460 g/mol. The molecule has 1 saturated carbocycles. The van der Waals surface area contributed by atoms with Gasteiger partial charge in [0, 0.05) is 18.5 Å². The lowest BCUT2D eigenvalue weighted by Gasteiger charge is -2.45. The zero-order chi connectivity index (χ0) is 24.3. The Hall–Kier alpha value is -2.88. The molecule has 34 heavy (non-hydrogen) atoms. The largest absolute Gasteiger partial charge is 0.460 e. The van der Waals surface area contributed by atoms with E-state index in [0.717, 1.165) is 24.8 Å². The van der Waals surface area contributed by atoms with Crippen LogP contribution in [0, 0.1) is 11.8 Å². The van der Waals surface area contributed by atoms with Gasteiger partial charge in [0.2, 0.25) is 0 Å². The molecule has 0 aromatic heterocycles. The van der Waals surface area contributed by atoms with Gasteiger partial charge in [-0.1, -0.05) is 87.9 Å². The Morgan fingerprint density at radius 3 is 2.35 bits per heavy atom. The van der Waals surface area contributed by atoms with Gasteiger partial charge in [-0.25, -0.2) is 4.79 Å². The molecular formula is C30H37NO3. The van der Waals surface area contributed by atoms with Crippen molar-refractivity contribution in [2.45, 2.75) is 77.0 Å². The second-order valence-corrected chi connectivity index (χ2v) is 10.6. The third kappa shape index (κ3) is 5.11. The first-order chi connectivity index (χ1) is 16.3. The zero-order valence-corrected chi connectivity index (χ0v) is 20.8. The molecule has 2 aromatic carbocycles. The highest BCUT2D eigenvalue weighted by Gasteiger charge is 2.43. The maximum Gasteiger partial charge on any atom is 0.329 e. The van der Waals surface area contributed by atoms with Crippen LogP contribution in [0.4, 0.5) is 0 Å². The van der Waals surface area contributed by atoms with Crippen molar-refractivity contribution in [3.63, 3.8) is 0 Å². The molecular weight excluding hydrogens is 422 g/mol. The molecule has 1 heterocycles. The zero-order valence-electron chi connectivity index (χ0n) is 20.8. The third-order valence-electron chi connectivity index (χ3n) is 7.95. The maximum absolute atomic E-state index is 13.6.